The molecule has 0 radical (unpaired) electrons. The lowest BCUT2D eigenvalue weighted by atomic mass is 10.1. The summed E-state index contributed by atoms with van der Waals surface area (Å²) in [6, 6.07) is 12.8. The second-order valence-corrected chi connectivity index (χ2v) is 8.41. The van der Waals surface area contributed by atoms with Crippen LogP contribution in [-0.2, 0) is 0 Å². The Morgan fingerprint density at radius 1 is 1.11 bits per heavy atom. The van der Waals surface area contributed by atoms with E-state index < -0.39 is 20.8 Å². The van der Waals surface area contributed by atoms with Crippen molar-refractivity contribution in [2.24, 2.45) is 0 Å². The Labute approximate surface area is 181 Å². The molecular formula is C17H15Cl3N4O3S. The molecule has 28 heavy (non-hydrogen) atoms. The number of nitrogens with zero attached hydrogens (tertiary/aromatic N) is 1. The van der Waals surface area contributed by atoms with Gasteiger partial charge in [0.05, 0.1) is 4.92 Å². The van der Waals surface area contributed by atoms with Gasteiger partial charge in [0, 0.05) is 11.6 Å². The molecule has 0 aliphatic rings. The van der Waals surface area contributed by atoms with E-state index in [9.17, 15) is 14.9 Å². The molecule has 0 fully saturated rings. The number of carbonyl (C=O) groups excluding carboxylic acids is 1. The quantitative estimate of drug-likeness (QED) is 0.202. The van der Waals surface area contributed by atoms with Crippen molar-refractivity contribution in [2.45, 2.75) is 16.9 Å². The number of hydrogen-bond acceptors (Lipinski definition) is 4. The van der Waals surface area contributed by atoms with Crippen molar-refractivity contribution in [3.8, 4) is 0 Å². The van der Waals surface area contributed by atoms with Crippen molar-refractivity contribution in [1.82, 2.24) is 10.6 Å². The minimum absolute atomic E-state index is 0.0734. The Morgan fingerprint density at radius 3 is 2.32 bits per heavy atom. The second-order valence-electron chi connectivity index (χ2n) is 5.64. The zero-order chi connectivity index (χ0) is 20.9. The fourth-order valence-corrected chi connectivity index (χ4v) is 2.82. The van der Waals surface area contributed by atoms with Crippen LogP contribution in [0.5, 0.6) is 0 Å². The number of nitro benzene ring substituents is 1. The van der Waals surface area contributed by atoms with E-state index in [1.54, 1.807) is 37.3 Å². The van der Waals surface area contributed by atoms with Gasteiger partial charge in [0.1, 0.15) is 11.9 Å². The van der Waals surface area contributed by atoms with Gasteiger partial charge in [-0.25, -0.2) is 0 Å². The Kier molecular flexibility index (Phi) is 7.42. The van der Waals surface area contributed by atoms with E-state index in [-0.39, 0.29) is 16.5 Å². The molecule has 7 nitrogen and oxygen atoms in total. The molecule has 0 saturated carbocycles. The number of thiocarbonyl (C=S) groups is 1. The first-order valence-electron chi connectivity index (χ1n) is 7.83. The summed E-state index contributed by atoms with van der Waals surface area (Å²) in [4.78, 5) is 23.1. The Balaban J connectivity index is 2.15. The third-order valence-electron chi connectivity index (χ3n) is 3.62. The molecule has 0 heterocycles. The molecule has 0 aliphatic carbocycles. The Hall–Kier alpha value is -2.13. The smallest absolute Gasteiger partial charge is 0.292 e. The number of amides is 1. The molecule has 1 amide bonds. The van der Waals surface area contributed by atoms with Crippen LogP contribution in [0, 0.1) is 17.0 Å². The van der Waals surface area contributed by atoms with E-state index in [2.05, 4.69) is 16.0 Å². The van der Waals surface area contributed by atoms with Crippen LogP contribution in [0.3, 0.4) is 0 Å². The molecule has 0 spiro atoms. The first kappa shape index (κ1) is 22.2. The molecule has 2 rings (SSSR count). The zero-order valence-electron chi connectivity index (χ0n) is 14.4. The second kappa shape index (κ2) is 9.38. The number of anilines is 1. The molecule has 11 heteroatoms. The van der Waals surface area contributed by atoms with Crippen LogP contribution in [0.25, 0.3) is 0 Å². The first-order chi connectivity index (χ1) is 13.1. The maximum atomic E-state index is 12.5. The monoisotopic (exact) mass is 460 g/mol. The van der Waals surface area contributed by atoms with Crippen molar-refractivity contribution in [3.63, 3.8) is 0 Å². The largest absolute Gasteiger partial charge is 0.339 e. The number of hydrogen-bond donors (Lipinski definition) is 3. The standard InChI is InChI=1S/C17H15Cl3N4O3S/c1-10-6-2-3-7-11(10)14(25)22-15(17(18,19)20)23-16(28)21-12-8-4-5-9-13(12)24(26)27/h2-9,15H,1H3,(H,22,25)(H2,21,23,28)/t15-/m0/s1. The number of para-hydroxylation sites is 2. The summed E-state index contributed by atoms with van der Waals surface area (Å²) in [5.41, 5.74) is 1.11. The summed E-state index contributed by atoms with van der Waals surface area (Å²) in [6.45, 7) is 1.77. The average molecular weight is 462 g/mol. The SMILES string of the molecule is Cc1ccccc1C(=O)N[C@@H](NC(=S)Nc1ccccc1[N+](=O)[O-])C(Cl)(Cl)Cl. The highest BCUT2D eigenvalue weighted by molar-refractivity contribution is 7.80. The van der Waals surface area contributed by atoms with Crippen LogP contribution in [0.4, 0.5) is 11.4 Å². The van der Waals surface area contributed by atoms with Gasteiger partial charge < -0.3 is 16.0 Å². The molecule has 0 saturated heterocycles. The van der Waals surface area contributed by atoms with Gasteiger partial charge in [-0.3, -0.25) is 14.9 Å². The number of aryl methyl sites for hydroxylation is 1. The average Bonchev–Trinajstić information content (AvgIpc) is 2.60. The van der Waals surface area contributed by atoms with Crippen LogP contribution >= 0.6 is 47.0 Å². The van der Waals surface area contributed by atoms with Gasteiger partial charge in [0.15, 0.2) is 5.11 Å². The van der Waals surface area contributed by atoms with Gasteiger partial charge in [-0.05, 0) is 36.8 Å². The van der Waals surface area contributed by atoms with Crippen LogP contribution in [0.15, 0.2) is 48.5 Å². The third-order valence-corrected chi connectivity index (χ3v) is 4.49. The highest BCUT2D eigenvalue weighted by Crippen LogP contribution is 2.30. The highest BCUT2D eigenvalue weighted by atomic mass is 35.6. The normalized spacial score (nSPS) is 12.0. The third kappa shape index (κ3) is 5.93. The molecule has 2 aromatic rings. The van der Waals surface area contributed by atoms with Crippen molar-refractivity contribution < 1.29 is 9.72 Å². The Bertz CT molecular complexity index is 905. The van der Waals surface area contributed by atoms with Crippen molar-refractivity contribution in [1.29, 1.82) is 0 Å². The number of rotatable bonds is 5. The van der Waals surface area contributed by atoms with Crippen LogP contribution in [0.2, 0.25) is 0 Å². The van der Waals surface area contributed by atoms with Crippen LogP contribution in [-0.4, -0.2) is 25.9 Å². The van der Waals surface area contributed by atoms with E-state index in [4.69, 9.17) is 47.0 Å². The van der Waals surface area contributed by atoms with Gasteiger partial charge in [-0.1, -0.05) is 65.1 Å². The lowest BCUT2D eigenvalue weighted by Crippen LogP contribution is -2.56. The van der Waals surface area contributed by atoms with E-state index in [1.807, 2.05) is 0 Å². The number of halogens is 3. The maximum Gasteiger partial charge on any atom is 0.292 e. The van der Waals surface area contributed by atoms with Crippen molar-refractivity contribution in [3.05, 3.63) is 69.8 Å². The van der Waals surface area contributed by atoms with Gasteiger partial charge in [-0.2, -0.15) is 0 Å². The minimum Gasteiger partial charge on any atom is -0.339 e. The predicted molar refractivity (Wildman–Crippen MR) is 115 cm³/mol. The van der Waals surface area contributed by atoms with E-state index >= 15 is 0 Å². The molecule has 2 aromatic carbocycles. The number of alkyl halides is 3. The van der Waals surface area contributed by atoms with Crippen LogP contribution in [0.1, 0.15) is 15.9 Å². The number of carbonyl (C=O) groups is 1. The van der Waals surface area contributed by atoms with Crippen molar-refractivity contribution in [2.75, 3.05) is 5.32 Å². The van der Waals surface area contributed by atoms with Crippen LogP contribution < -0.4 is 16.0 Å². The van der Waals surface area contributed by atoms with Gasteiger partial charge in [0.25, 0.3) is 11.6 Å². The summed E-state index contributed by atoms with van der Waals surface area (Å²) >= 11 is 23.0. The van der Waals surface area contributed by atoms with E-state index in [1.165, 1.54) is 18.2 Å². The van der Waals surface area contributed by atoms with E-state index in [0.717, 1.165) is 5.56 Å². The minimum atomic E-state index is -1.95. The number of nitrogens with one attached hydrogen (secondary N) is 3. The highest BCUT2D eigenvalue weighted by Gasteiger charge is 2.35. The molecule has 148 valence electrons. The predicted octanol–water partition coefficient (Wildman–Crippen LogP) is 4.32. The summed E-state index contributed by atoms with van der Waals surface area (Å²) in [5, 5.41) is 18.9. The summed E-state index contributed by atoms with van der Waals surface area (Å²) in [7, 11) is 0. The maximum absolute atomic E-state index is 12.5. The zero-order valence-corrected chi connectivity index (χ0v) is 17.5. The van der Waals surface area contributed by atoms with Gasteiger partial charge in [-0.15, -0.1) is 0 Å². The number of nitro groups is 1. The fraction of sp³-hybridized carbons (Fsp3) is 0.176. The molecule has 0 bridgehead atoms. The van der Waals surface area contributed by atoms with Crippen molar-refractivity contribution >= 4 is 69.4 Å². The lowest BCUT2D eigenvalue weighted by molar-refractivity contribution is -0.383. The summed E-state index contributed by atoms with van der Waals surface area (Å²) in [5.74, 6) is -0.476. The molecular weight excluding hydrogens is 447 g/mol. The number of benzene rings is 2. The van der Waals surface area contributed by atoms with Gasteiger partial charge >= 0.3 is 0 Å². The Morgan fingerprint density at radius 2 is 1.71 bits per heavy atom. The van der Waals surface area contributed by atoms with E-state index in [0.29, 0.717) is 5.56 Å². The topological polar surface area (TPSA) is 96.3 Å². The lowest BCUT2D eigenvalue weighted by Gasteiger charge is -2.28. The first-order valence-corrected chi connectivity index (χ1v) is 9.38. The van der Waals surface area contributed by atoms with Gasteiger partial charge in [0.2, 0.25) is 3.79 Å². The molecule has 0 aliphatic heterocycles. The molecule has 3 N–H and O–H groups in total. The molecule has 0 aromatic heterocycles. The molecule has 0 unspecified atom stereocenters. The fourth-order valence-electron chi connectivity index (χ4n) is 2.26. The molecule has 1 atom stereocenters. The summed E-state index contributed by atoms with van der Waals surface area (Å²) < 4.78 is -1.95. The summed E-state index contributed by atoms with van der Waals surface area (Å²) in [6.07, 6.45) is -1.20.